The van der Waals surface area contributed by atoms with Gasteiger partial charge in [0.2, 0.25) is 0 Å². The first-order valence-corrected chi connectivity index (χ1v) is 4.56. The van der Waals surface area contributed by atoms with Gasteiger partial charge in [0.25, 0.3) is 5.24 Å². The van der Waals surface area contributed by atoms with E-state index in [2.05, 4.69) is 15.9 Å². The zero-order valence-corrected chi connectivity index (χ0v) is 8.31. The van der Waals surface area contributed by atoms with Gasteiger partial charge in [0.15, 0.2) is 0 Å². The Balaban J connectivity index is 3.15. The normalized spacial score (nSPS) is 9.90. The van der Waals surface area contributed by atoms with Crippen LogP contribution in [0, 0.1) is 6.92 Å². The molecule has 0 unspecified atom stereocenters. The molecule has 0 spiro atoms. The van der Waals surface area contributed by atoms with E-state index in [1.54, 1.807) is 0 Å². The van der Waals surface area contributed by atoms with Crippen molar-refractivity contribution >= 4 is 44.1 Å². The zero-order valence-electron chi connectivity index (χ0n) is 5.15. The quantitative estimate of drug-likeness (QED) is 0.688. The van der Waals surface area contributed by atoms with Crippen molar-refractivity contribution in [1.29, 1.82) is 0 Å². The van der Waals surface area contributed by atoms with Crippen LogP contribution >= 0.6 is 38.9 Å². The van der Waals surface area contributed by atoms with E-state index < -0.39 is 0 Å². The average molecular weight is 240 g/mol. The van der Waals surface area contributed by atoms with Gasteiger partial charge < -0.3 is 0 Å². The highest BCUT2D eigenvalue weighted by atomic mass is 79.9. The molecule has 0 aliphatic heterocycles. The Hall–Kier alpha value is 0.140. The third kappa shape index (κ3) is 1.59. The molecule has 1 aromatic heterocycles. The summed E-state index contributed by atoms with van der Waals surface area (Å²) in [5, 5.41) is -0.381. The second kappa shape index (κ2) is 3.03. The van der Waals surface area contributed by atoms with Crippen molar-refractivity contribution in [2.75, 3.05) is 0 Å². The first kappa shape index (κ1) is 8.24. The number of rotatable bonds is 1. The Bertz CT molecular complexity index is 269. The molecule has 0 radical (unpaired) electrons. The van der Waals surface area contributed by atoms with Gasteiger partial charge in [0, 0.05) is 0 Å². The van der Waals surface area contributed by atoms with Crippen molar-refractivity contribution in [2.45, 2.75) is 6.92 Å². The molecule has 0 bridgehead atoms. The van der Waals surface area contributed by atoms with Crippen molar-refractivity contribution in [2.24, 2.45) is 0 Å². The topological polar surface area (TPSA) is 17.1 Å². The minimum Gasteiger partial charge on any atom is -0.275 e. The highest BCUT2D eigenvalue weighted by Crippen LogP contribution is 2.27. The van der Waals surface area contributed by atoms with E-state index in [9.17, 15) is 4.79 Å². The number of carbonyl (C=O) groups excluding carboxylic acids is 1. The van der Waals surface area contributed by atoms with Crippen LogP contribution in [0.3, 0.4) is 0 Å². The molecule has 0 aliphatic rings. The molecular formula is C6H4BrClOS. The summed E-state index contributed by atoms with van der Waals surface area (Å²) in [6.07, 6.45) is 0. The van der Waals surface area contributed by atoms with Crippen LogP contribution in [0.25, 0.3) is 0 Å². The van der Waals surface area contributed by atoms with E-state index in [0.717, 1.165) is 9.35 Å². The highest BCUT2D eigenvalue weighted by molar-refractivity contribution is 9.11. The zero-order chi connectivity index (χ0) is 7.72. The van der Waals surface area contributed by atoms with Gasteiger partial charge >= 0.3 is 0 Å². The Morgan fingerprint density at radius 2 is 2.40 bits per heavy atom. The summed E-state index contributed by atoms with van der Waals surface area (Å²) in [6, 6.07) is 1.88. The lowest BCUT2D eigenvalue weighted by molar-refractivity contribution is 0.108. The Morgan fingerprint density at radius 3 is 2.60 bits per heavy atom. The summed E-state index contributed by atoms with van der Waals surface area (Å²) < 4.78 is 0.939. The monoisotopic (exact) mass is 238 g/mol. The minimum atomic E-state index is -0.381. The molecule has 0 saturated heterocycles. The van der Waals surface area contributed by atoms with Gasteiger partial charge in [0.1, 0.15) is 0 Å². The molecule has 1 nitrogen and oxygen atoms in total. The Labute approximate surface area is 76.1 Å². The van der Waals surface area contributed by atoms with Gasteiger partial charge in [-0.2, -0.15) is 0 Å². The number of thiophene rings is 1. The van der Waals surface area contributed by atoms with E-state index in [1.165, 1.54) is 11.3 Å². The van der Waals surface area contributed by atoms with E-state index in [1.807, 2.05) is 13.0 Å². The van der Waals surface area contributed by atoms with E-state index in [-0.39, 0.29) is 5.24 Å². The molecule has 1 heterocycles. The van der Waals surface area contributed by atoms with Crippen LogP contribution in [0.2, 0.25) is 0 Å². The number of halogens is 2. The fourth-order valence-corrected chi connectivity index (χ4v) is 2.46. The van der Waals surface area contributed by atoms with Crippen molar-refractivity contribution in [1.82, 2.24) is 0 Å². The maximum atomic E-state index is 10.6. The first-order valence-electron chi connectivity index (χ1n) is 2.57. The van der Waals surface area contributed by atoms with Gasteiger partial charge in [-0.25, -0.2) is 0 Å². The molecule has 1 rings (SSSR count). The number of carbonyl (C=O) groups is 1. The van der Waals surface area contributed by atoms with E-state index in [0.29, 0.717) is 4.88 Å². The van der Waals surface area contributed by atoms with Gasteiger partial charge in [-0.15, -0.1) is 11.3 Å². The molecule has 10 heavy (non-hydrogen) atoms. The second-order valence-corrected chi connectivity index (χ2v) is 4.61. The SMILES string of the molecule is Cc1cc(Br)sc1C(=O)Cl. The van der Waals surface area contributed by atoms with Crippen LogP contribution in [0.15, 0.2) is 9.85 Å². The van der Waals surface area contributed by atoms with E-state index in [4.69, 9.17) is 11.6 Å². The second-order valence-electron chi connectivity index (χ2n) is 1.84. The van der Waals surface area contributed by atoms with Crippen molar-refractivity contribution in [3.05, 3.63) is 20.3 Å². The summed E-state index contributed by atoms with van der Waals surface area (Å²) in [5.74, 6) is 0. The molecule has 0 N–H and O–H groups in total. The Kier molecular flexibility index (Phi) is 2.50. The number of hydrogen-bond donors (Lipinski definition) is 0. The molecule has 0 aromatic carbocycles. The van der Waals surface area contributed by atoms with Crippen LogP contribution in [0.5, 0.6) is 0 Å². The van der Waals surface area contributed by atoms with Gasteiger partial charge in [-0.1, -0.05) is 0 Å². The van der Waals surface area contributed by atoms with Crippen LogP contribution < -0.4 is 0 Å². The lowest BCUT2D eigenvalue weighted by Crippen LogP contribution is -1.84. The highest BCUT2D eigenvalue weighted by Gasteiger charge is 2.08. The summed E-state index contributed by atoms with van der Waals surface area (Å²) in [4.78, 5) is 11.3. The van der Waals surface area contributed by atoms with Crippen LogP contribution in [0.4, 0.5) is 0 Å². The van der Waals surface area contributed by atoms with Crippen LogP contribution in [0.1, 0.15) is 15.2 Å². The number of aryl methyl sites for hydroxylation is 1. The smallest absolute Gasteiger partial charge is 0.262 e. The fraction of sp³-hybridized carbons (Fsp3) is 0.167. The molecule has 0 atom stereocenters. The van der Waals surface area contributed by atoms with Gasteiger partial charge in [-0.05, 0) is 46.1 Å². The van der Waals surface area contributed by atoms with Crippen molar-refractivity contribution < 1.29 is 4.79 Å². The molecule has 0 fully saturated rings. The first-order chi connectivity index (χ1) is 4.61. The number of hydrogen-bond acceptors (Lipinski definition) is 2. The largest absolute Gasteiger partial charge is 0.275 e. The van der Waals surface area contributed by atoms with Crippen LogP contribution in [-0.2, 0) is 0 Å². The van der Waals surface area contributed by atoms with Crippen molar-refractivity contribution in [3.8, 4) is 0 Å². The molecule has 0 saturated carbocycles. The lowest BCUT2D eigenvalue weighted by Gasteiger charge is -1.85. The fourth-order valence-electron chi connectivity index (χ4n) is 0.638. The third-order valence-electron chi connectivity index (χ3n) is 1.07. The summed E-state index contributed by atoms with van der Waals surface area (Å²) in [5.41, 5.74) is 0.928. The third-order valence-corrected chi connectivity index (χ3v) is 3.11. The lowest BCUT2D eigenvalue weighted by atomic mass is 10.3. The maximum absolute atomic E-state index is 10.6. The molecule has 0 aliphatic carbocycles. The predicted octanol–water partition coefficient (Wildman–Crippen LogP) is 3.20. The maximum Gasteiger partial charge on any atom is 0.262 e. The molecular weight excluding hydrogens is 235 g/mol. The van der Waals surface area contributed by atoms with Gasteiger partial charge in [0.05, 0.1) is 8.66 Å². The standard InChI is InChI=1S/C6H4BrClOS/c1-3-2-4(7)10-5(3)6(8)9/h2H,1H3. The summed E-state index contributed by atoms with van der Waals surface area (Å²) in [6.45, 7) is 1.86. The summed E-state index contributed by atoms with van der Waals surface area (Å²) in [7, 11) is 0. The van der Waals surface area contributed by atoms with Gasteiger partial charge in [-0.3, -0.25) is 4.79 Å². The molecule has 0 amide bonds. The average Bonchev–Trinajstić information content (AvgIpc) is 2.10. The predicted molar refractivity (Wildman–Crippen MR) is 46.9 cm³/mol. The Morgan fingerprint density at radius 1 is 1.80 bits per heavy atom. The minimum absolute atomic E-state index is 0.381. The van der Waals surface area contributed by atoms with E-state index >= 15 is 0 Å². The molecule has 1 aromatic rings. The van der Waals surface area contributed by atoms with Crippen molar-refractivity contribution in [3.63, 3.8) is 0 Å². The molecule has 4 heteroatoms. The van der Waals surface area contributed by atoms with Crippen LogP contribution in [-0.4, -0.2) is 5.24 Å². The molecule has 54 valence electrons. The summed E-state index contributed by atoms with van der Waals surface area (Å²) >= 11 is 9.89.